The van der Waals surface area contributed by atoms with E-state index in [1.807, 2.05) is 0 Å². The van der Waals surface area contributed by atoms with Crippen LogP contribution >= 0.6 is 22.9 Å². The number of hydrogen-bond donors (Lipinski definition) is 0. The predicted molar refractivity (Wildman–Crippen MR) is 72.4 cm³/mol. The molecule has 0 N–H and O–H groups in total. The monoisotopic (exact) mass is 260 g/mol. The van der Waals surface area contributed by atoms with Crippen LogP contribution in [0, 0.1) is 6.92 Å². The Hall–Kier alpha value is -0.120. The maximum absolute atomic E-state index is 5.87. The first-order chi connectivity index (χ1) is 7.71. The molecule has 1 aromatic heterocycles. The Kier molecular flexibility index (Phi) is 6.32. The molecule has 0 spiro atoms. The molecule has 0 saturated heterocycles. The van der Waals surface area contributed by atoms with Crippen molar-refractivity contribution in [2.24, 2.45) is 0 Å². The molecule has 0 fully saturated rings. The van der Waals surface area contributed by atoms with Crippen LogP contribution in [0.15, 0.2) is 5.38 Å². The summed E-state index contributed by atoms with van der Waals surface area (Å²) < 4.78 is 0. The summed E-state index contributed by atoms with van der Waals surface area (Å²) in [7, 11) is 0. The van der Waals surface area contributed by atoms with Crippen molar-refractivity contribution in [2.45, 2.75) is 46.2 Å². The number of hydrogen-bond acceptors (Lipinski definition) is 3. The molecular formula is C12H21ClN2S. The minimum Gasteiger partial charge on any atom is -0.293 e. The third kappa shape index (κ3) is 4.04. The third-order valence-corrected chi connectivity index (χ3v) is 3.85. The summed E-state index contributed by atoms with van der Waals surface area (Å²) in [5, 5.41) is 3.30. The molecular weight excluding hydrogens is 240 g/mol. The van der Waals surface area contributed by atoms with Gasteiger partial charge in [0, 0.05) is 30.4 Å². The first-order valence-corrected chi connectivity index (χ1v) is 7.33. The van der Waals surface area contributed by atoms with E-state index in [2.05, 4.69) is 36.0 Å². The molecule has 0 aliphatic rings. The molecule has 16 heavy (non-hydrogen) atoms. The Morgan fingerprint density at radius 1 is 1.44 bits per heavy atom. The summed E-state index contributed by atoms with van der Waals surface area (Å²) in [5.74, 6) is 0.694. The minimum absolute atomic E-state index is 0.626. The van der Waals surface area contributed by atoms with Crippen LogP contribution in [-0.4, -0.2) is 28.4 Å². The van der Waals surface area contributed by atoms with Crippen LogP contribution in [0.1, 0.15) is 37.4 Å². The Morgan fingerprint density at radius 3 is 2.56 bits per heavy atom. The van der Waals surface area contributed by atoms with Crippen molar-refractivity contribution in [2.75, 3.05) is 12.4 Å². The van der Waals surface area contributed by atoms with Gasteiger partial charge in [-0.15, -0.1) is 22.9 Å². The molecule has 92 valence electrons. The van der Waals surface area contributed by atoms with Gasteiger partial charge < -0.3 is 0 Å². The lowest BCUT2D eigenvalue weighted by Crippen LogP contribution is -2.35. The van der Waals surface area contributed by atoms with E-state index in [-0.39, 0.29) is 0 Å². The van der Waals surface area contributed by atoms with Gasteiger partial charge in [0.1, 0.15) is 0 Å². The fourth-order valence-corrected chi connectivity index (χ4v) is 2.81. The molecule has 0 bridgehead atoms. The smallest absolute Gasteiger partial charge is 0.0897 e. The molecule has 0 aliphatic carbocycles. The number of nitrogens with zero attached hydrogens (tertiary/aromatic N) is 2. The van der Waals surface area contributed by atoms with Crippen LogP contribution in [0.25, 0.3) is 0 Å². The zero-order valence-electron chi connectivity index (χ0n) is 10.4. The summed E-state index contributed by atoms with van der Waals surface area (Å²) in [4.78, 5) is 6.96. The Morgan fingerprint density at radius 2 is 2.12 bits per heavy atom. The van der Waals surface area contributed by atoms with Crippen molar-refractivity contribution in [1.82, 2.24) is 9.88 Å². The quantitative estimate of drug-likeness (QED) is 0.696. The number of aromatic nitrogens is 1. The normalized spacial score (nSPS) is 11.6. The van der Waals surface area contributed by atoms with Crippen LogP contribution < -0.4 is 0 Å². The second kappa shape index (κ2) is 7.25. The number of rotatable bonds is 7. The van der Waals surface area contributed by atoms with Crippen LogP contribution in [0.5, 0.6) is 0 Å². The van der Waals surface area contributed by atoms with E-state index in [4.69, 9.17) is 11.6 Å². The molecule has 0 aliphatic heterocycles. The fraction of sp³-hybridized carbons (Fsp3) is 0.750. The summed E-state index contributed by atoms with van der Waals surface area (Å²) in [6, 6.07) is 0.626. The van der Waals surface area contributed by atoms with Crippen LogP contribution in [-0.2, 0) is 6.54 Å². The molecule has 1 heterocycles. The predicted octanol–water partition coefficient (Wildman–Crippen LogP) is 3.68. The van der Waals surface area contributed by atoms with Crippen molar-refractivity contribution < 1.29 is 0 Å². The third-order valence-electron chi connectivity index (χ3n) is 2.86. The van der Waals surface area contributed by atoms with Gasteiger partial charge in [0.05, 0.1) is 10.7 Å². The van der Waals surface area contributed by atoms with Crippen LogP contribution in [0.4, 0.5) is 0 Å². The van der Waals surface area contributed by atoms with E-state index in [0.29, 0.717) is 11.9 Å². The van der Waals surface area contributed by atoms with Gasteiger partial charge in [0.15, 0.2) is 0 Å². The maximum atomic E-state index is 5.87. The Bertz CT molecular complexity index is 297. The van der Waals surface area contributed by atoms with Crippen LogP contribution in [0.3, 0.4) is 0 Å². The average molecular weight is 261 g/mol. The van der Waals surface area contributed by atoms with Gasteiger partial charge in [0.25, 0.3) is 0 Å². The van der Waals surface area contributed by atoms with Gasteiger partial charge >= 0.3 is 0 Å². The highest BCUT2D eigenvalue weighted by Gasteiger charge is 2.15. The van der Waals surface area contributed by atoms with Gasteiger partial charge in [-0.25, -0.2) is 4.98 Å². The molecule has 2 nitrogen and oxygen atoms in total. The van der Waals surface area contributed by atoms with E-state index in [1.54, 1.807) is 11.3 Å². The van der Waals surface area contributed by atoms with Crippen molar-refractivity contribution in [3.8, 4) is 0 Å². The zero-order valence-corrected chi connectivity index (χ0v) is 11.9. The van der Waals surface area contributed by atoms with Gasteiger partial charge in [0.2, 0.25) is 0 Å². The van der Waals surface area contributed by atoms with E-state index in [9.17, 15) is 0 Å². The van der Waals surface area contributed by atoms with Crippen LogP contribution in [0.2, 0.25) is 0 Å². The van der Waals surface area contributed by atoms with Gasteiger partial charge in [-0.2, -0.15) is 0 Å². The lowest BCUT2D eigenvalue weighted by Gasteiger charge is -2.29. The fourth-order valence-electron chi connectivity index (χ4n) is 1.99. The SMILES string of the molecule is CCC(CC)N(CCCl)Cc1csc(C)n1. The summed E-state index contributed by atoms with van der Waals surface area (Å²) in [6.07, 6.45) is 2.35. The lowest BCUT2D eigenvalue weighted by atomic mass is 10.1. The summed E-state index contributed by atoms with van der Waals surface area (Å²) in [6.45, 7) is 8.41. The highest BCUT2D eigenvalue weighted by molar-refractivity contribution is 7.09. The standard InChI is InChI=1S/C12H21ClN2S/c1-4-12(5-2)15(7-6-13)8-11-9-16-10(3)14-11/h9,12H,4-8H2,1-3H3. The van der Waals surface area contributed by atoms with Gasteiger partial charge in [-0.05, 0) is 19.8 Å². The van der Waals surface area contributed by atoms with Gasteiger partial charge in [-0.1, -0.05) is 13.8 Å². The molecule has 0 atom stereocenters. The zero-order chi connectivity index (χ0) is 12.0. The van der Waals surface area contributed by atoms with E-state index < -0.39 is 0 Å². The topological polar surface area (TPSA) is 16.1 Å². The minimum atomic E-state index is 0.626. The summed E-state index contributed by atoms with van der Waals surface area (Å²) in [5.41, 5.74) is 1.18. The van der Waals surface area contributed by atoms with Crippen molar-refractivity contribution >= 4 is 22.9 Å². The molecule has 1 aromatic rings. The molecule has 0 saturated carbocycles. The summed E-state index contributed by atoms with van der Waals surface area (Å²) >= 11 is 7.59. The van der Waals surface area contributed by atoms with E-state index in [0.717, 1.165) is 18.1 Å². The maximum Gasteiger partial charge on any atom is 0.0897 e. The molecule has 0 unspecified atom stereocenters. The Labute approximate surface area is 108 Å². The average Bonchev–Trinajstić information content (AvgIpc) is 2.66. The molecule has 1 rings (SSSR count). The molecule has 4 heteroatoms. The Balaban J connectivity index is 2.63. The van der Waals surface area contributed by atoms with E-state index >= 15 is 0 Å². The number of halogens is 1. The van der Waals surface area contributed by atoms with E-state index in [1.165, 1.54) is 18.5 Å². The van der Waals surface area contributed by atoms with Gasteiger partial charge in [-0.3, -0.25) is 4.90 Å². The number of aryl methyl sites for hydroxylation is 1. The second-order valence-electron chi connectivity index (χ2n) is 3.99. The van der Waals surface area contributed by atoms with Crippen molar-refractivity contribution in [3.05, 3.63) is 16.1 Å². The lowest BCUT2D eigenvalue weighted by molar-refractivity contribution is 0.186. The molecule has 0 aromatic carbocycles. The molecule has 0 radical (unpaired) electrons. The first-order valence-electron chi connectivity index (χ1n) is 5.92. The highest BCUT2D eigenvalue weighted by atomic mass is 35.5. The molecule has 0 amide bonds. The van der Waals surface area contributed by atoms with Crippen molar-refractivity contribution in [3.63, 3.8) is 0 Å². The second-order valence-corrected chi connectivity index (χ2v) is 5.43. The highest BCUT2D eigenvalue weighted by Crippen LogP contribution is 2.15. The number of thiazole rings is 1. The first kappa shape index (κ1) is 13.9. The number of alkyl halides is 1. The van der Waals surface area contributed by atoms with Crippen molar-refractivity contribution in [1.29, 1.82) is 0 Å². The largest absolute Gasteiger partial charge is 0.293 e.